The van der Waals surface area contributed by atoms with Crippen LogP contribution >= 0.6 is 0 Å². The Bertz CT molecular complexity index is 943. The van der Waals surface area contributed by atoms with Crippen LogP contribution in [0.3, 0.4) is 0 Å². The molecule has 0 saturated carbocycles. The molecule has 1 atom stereocenters. The molecule has 1 unspecified atom stereocenters. The SMILES string of the molecule is COc1ccc(/C=N/NC(=O)C2CCCCN2C)cc1CN1CCCc2ccccc21. The Hall–Kier alpha value is -2.86. The number of piperidine rings is 1. The second kappa shape index (κ2) is 9.96. The van der Waals surface area contributed by atoms with Crippen LogP contribution in [0.4, 0.5) is 5.69 Å². The third-order valence-electron chi connectivity index (χ3n) is 6.33. The van der Waals surface area contributed by atoms with Gasteiger partial charge in [-0.3, -0.25) is 9.69 Å². The van der Waals surface area contributed by atoms with Crippen LogP contribution in [0.25, 0.3) is 0 Å². The van der Waals surface area contributed by atoms with E-state index in [9.17, 15) is 4.79 Å². The van der Waals surface area contributed by atoms with Crippen LogP contribution in [0.1, 0.15) is 42.4 Å². The molecule has 6 nitrogen and oxygen atoms in total. The van der Waals surface area contributed by atoms with E-state index in [1.807, 2.05) is 19.2 Å². The van der Waals surface area contributed by atoms with Gasteiger partial charge in [0.1, 0.15) is 5.75 Å². The second-order valence-electron chi connectivity index (χ2n) is 8.45. The predicted molar refractivity (Wildman–Crippen MR) is 125 cm³/mol. The molecule has 2 aromatic carbocycles. The van der Waals surface area contributed by atoms with Crippen LogP contribution in [0.5, 0.6) is 5.75 Å². The number of carbonyl (C=O) groups excluding carboxylic acids is 1. The highest BCUT2D eigenvalue weighted by Crippen LogP contribution is 2.30. The normalized spacial score (nSPS) is 19.3. The number of rotatable bonds is 6. The molecule has 0 spiro atoms. The number of hydrogen-bond acceptors (Lipinski definition) is 5. The molecule has 1 N–H and O–H groups in total. The molecule has 6 heteroatoms. The van der Waals surface area contributed by atoms with Crippen molar-refractivity contribution in [1.82, 2.24) is 10.3 Å². The highest BCUT2D eigenvalue weighted by atomic mass is 16.5. The smallest absolute Gasteiger partial charge is 0.257 e. The zero-order chi connectivity index (χ0) is 21.6. The lowest BCUT2D eigenvalue weighted by atomic mass is 10.0. The summed E-state index contributed by atoms with van der Waals surface area (Å²) in [6, 6.07) is 14.6. The van der Waals surface area contributed by atoms with E-state index in [1.165, 1.54) is 11.3 Å². The summed E-state index contributed by atoms with van der Waals surface area (Å²) in [4.78, 5) is 17.0. The molecule has 0 radical (unpaired) electrons. The van der Waals surface area contributed by atoms with Crippen LogP contribution in [0, 0.1) is 0 Å². The lowest BCUT2D eigenvalue weighted by Crippen LogP contribution is -2.46. The number of aryl methyl sites for hydroxylation is 1. The van der Waals surface area contributed by atoms with Crippen molar-refractivity contribution in [2.24, 2.45) is 5.10 Å². The number of carbonyl (C=O) groups is 1. The van der Waals surface area contributed by atoms with Crippen LogP contribution in [-0.4, -0.2) is 50.3 Å². The summed E-state index contributed by atoms with van der Waals surface area (Å²) in [6.45, 7) is 2.77. The number of amides is 1. The summed E-state index contributed by atoms with van der Waals surface area (Å²) < 4.78 is 5.62. The van der Waals surface area contributed by atoms with Crippen molar-refractivity contribution in [3.05, 3.63) is 59.2 Å². The Morgan fingerprint density at radius 1 is 1.19 bits per heavy atom. The molecule has 0 aromatic heterocycles. The lowest BCUT2D eigenvalue weighted by Gasteiger charge is -2.31. The highest BCUT2D eigenvalue weighted by Gasteiger charge is 2.25. The van der Waals surface area contributed by atoms with Gasteiger partial charge in [-0.25, -0.2) is 5.43 Å². The number of anilines is 1. The molecule has 31 heavy (non-hydrogen) atoms. The van der Waals surface area contributed by atoms with E-state index in [-0.39, 0.29) is 11.9 Å². The number of methoxy groups -OCH3 is 1. The predicted octanol–water partition coefficient (Wildman–Crippen LogP) is 3.58. The summed E-state index contributed by atoms with van der Waals surface area (Å²) in [6.07, 6.45) is 7.14. The Balaban J connectivity index is 1.45. The largest absolute Gasteiger partial charge is 0.496 e. The second-order valence-corrected chi connectivity index (χ2v) is 8.45. The van der Waals surface area contributed by atoms with Crippen molar-refractivity contribution in [3.8, 4) is 5.75 Å². The van der Waals surface area contributed by atoms with E-state index in [1.54, 1.807) is 13.3 Å². The zero-order valence-electron chi connectivity index (χ0n) is 18.5. The van der Waals surface area contributed by atoms with Crippen molar-refractivity contribution < 1.29 is 9.53 Å². The monoisotopic (exact) mass is 420 g/mol. The average Bonchev–Trinajstić information content (AvgIpc) is 2.80. The molecule has 4 rings (SSSR count). The molecule has 2 aliphatic heterocycles. The van der Waals surface area contributed by atoms with Crippen LogP contribution < -0.4 is 15.1 Å². The topological polar surface area (TPSA) is 57.2 Å². The maximum atomic E-state index is 12.5. The molecule has 2 aliphatic rings. The molecule has 0 aliphatic carbocycles. The van der Waals surface area contributed by atoms with E-state index >= 15 is 0 Å². The van der Waals surface area contributed by atoms with Gasteiger partial charge < -0.3 is 9.64 Å². The van der Waals surface area contributed by atoms with Gasteiger partial charge in [0.2, 0.25) is 0 Å². The average molecular weight is 421 g/mol. The maximum Gasteiger partial charge on any atom is 0.257 e. The Morgan fingerprint density at radius 2 is 2.06 bits per heavy atom. The molecule has 0 bridgehead atoms. The molecule has 1 saturated heterocycles. The molecular formula is C25H32N4O2. The van der Waals surface area contributed by atoms with Crippen LogP contribution in [-0.2, 0) is 17.8 Å². The van der Waals surface area contributed by atoms with Gasteiger partial charge in [0, 0.05) is 24.3 Å². The van der Waals surface area contributed by atoms with Crippen molar-refractivity contribution in [2.45, 2.75) is 44.7 Å². The van der Waals surface area contributed by atoms with Gasteiger partial charge in [-0.05, 0) is 74.7 Å². The summed E-state index contributed by atoms with van der Waals surface area (Å²) in [7, 11) is 3.71. The first-order valence-corrected chi connectivity index (χ1v) is 11.2. The van der Waals surface area contributed by atoms with E-state index in [4.69, 9.17) is 4.74 Å². The van der Waals surface area contributed by atoms with Gasteiger partial charge in [0.25, 0.3) is 5.91 Å². The molecule has 164 valence electrons. The van der Waals surface area contributed by atoms with Gasteiger partial charge in [-0.15, -0.1) is 0 Å². The van der Waals surface area contributed by atoms with E-state index in [0.717, 1.165) is 68.6 Å². The Morgan fingerprint density at radius 3 is 2.90 bits per heavy atom. The van der Waals surface area contributed by atoms with Crippen molar-refractivity contribution in [3.63, 3.8) is 0 Å². The highest BCUT2D eigenvalue weighted by molar-refractivity contribution is 5.85. The van der Waals surface area contributed by atoms with Gasteiger partial charge >= 0.3 is 0 Å². The van der Waals surface area contributed by atoms with E-state index < -0.39 is 0 Å². The summed E-state index contributed by atoms with van der Waals surface area (Å²) in [5, 5.41) is 4.22. The number of likely N-dealkylation sites (tertiary alicyclic amines) is 1. The van der Waals surface area contributed by atoms with Gasteiger partial charge in [0.05, 0.1) is 19.4 Å². The molecule has 1 amide bonds. The maximum absolute atomic E-state index is 12.5. The third kappa shape index (κ3) is 5.07. The summed E-state index contributed by atoms with van der Waals surface area (Å²) >= 11 is 0. The first-order valence-electron chi connectivity index (χ1n) is 11.2. The minimum Gasteiger partial charge on any atom is -0.496 e. The number of ether oxygens (including phenoxy) is 1. The fourth-order valence-electron chi connectivity index (χ4n) is 4.64. The number of fused-ring (bicyclic) bond motifs is 1. The third-order valence-corrected chi connectivity index (χ3v) is 6.33. The minimum absolute atomic E-state index is 0.0305. The summed E-state index contributed by atoms with van der Waals surface area (Å²) in [5.74, 6) is 0.838. The quantitative estimate of drug-likeness (QED) is 0.573. The number of hydrazone groups is 1. The van der Waals surface area contributed by atoms with Crippen LogP contribution in [0.2, 0.25) is 0 Å². The number of hydrogen-bond donors (Lipinski definition) is 1. The first kappa shape index (κ1) is 21.4. The van der Waals surface area contributed by atoms with Crippen molar-refractivity contribution >= 4 is 17.8 Å². The van der Waals surface area contributed by atoms with Gasteiger partial charge in [0.15, 0.2) is 0 Å². The minimum atomic E-state index is -0.0866. The lowest BCUT2D eigenvalue weighted by molar-refractivity contribution is -0.126. The molecule has 2 aromatic rings. The summed E-state index contributed by atoms with van der Waals surface area (Å²) in [5.41, 5.74) is 7.48. The standard InChI is InChI=1S/C25H32N4O2/c1-28-14-6-5-11-23(28)25(30)27-26-17-19-12-13-24(31-2)21(16-19)18-29-15-7-9-20-8-3-4-10-22(20)29/h3-4,8,10,12-13,16-17,23H,5-7,9,11,14-15,18H2,1-2H3,(H,27,30)/b26-17+. The first-order chi connectivity index (χ1) is 15.2. The van der Waals surface area contributed by atoms with Crippen LogP contribution in [0.15, 0.2) is 47.6 Å². The number of nitrogens with one attached hydrogen (secondary N) is 1. The molecular weight excluding hydrogens is 388 g/mol. The zero-order valence-corrected chi connectivity index (χ0v) is 18.5. The number of benzene rings is 2. The number of para-hydroxylation sites is 1. The van der Waals surface area contributed by atoms with E-state index in [2.05, 4.69) is 50.7 Å². The van der Waals surface area contributed by atoms with E-state index in [0.29, 0.717) is 0 Å². The Kier molecular flexibility index (Phi) is 6.87. The number of likely N-dealkylation sites (N-methyl/N-ethyl adjacent to an activating group) is 1. The molecule has 1 fully saturated rings. The van der Waals surface area contributed by atoms with Gasteiger partial charge in [-0.1, -0.05) is 24.6 Å². The van der Waals surface area contributed by atoms with Crippen molar-refractivity contribution in [2.75, 3.05) is 32.1 Å². The van der Waals surface area contributed by atoms with Gasteiger partial charge in [-0.2, -0.15) is 5.10 Å². The number of nitrogens with zero attached hydrogens (tertiary/aromatic N) is 3. The Labute approximate surface area is 184 Å². The molecule has 2 heterocycles. The fraction of sp³-hybridized carbons (Fsp3) is 0.440. The van der Waals surface area contributed by atoms with Crippen molar-refractivity contribution in [1.29, 1.82) is 0 Å². The fourth-order valence-corrected chi connectivity index (χ4v) is 4.64.